The van der Waals surface area contributed by atoms with E-state index in [-0.39, 0.29) is 23.5 Å². The van der Waals surface area contributed by atoms with Crippen LogP contribution in [0.1, 0.15) is 32.3 Å². The van der Waals surface area contributed by atoms with Crippen LogP contribution in [0.3, 0.4) is 0 Å². The van der Waals surface area contributed by atoms with E-state index in [4.69, 9.17) is 0 Å². The van der Waals surface area contributed by atoms with Crippen molar-refractivity contribution in [2.75, 3.05) is 5.75 Å². The highest BCUT2D eigenvalue weighted by atomic mass is 32.2. The Hall–Kier alpha value is -2.67. The molecule has 0 aliphatic heterocycles. The van der Waals surface area contributed by atoms with Gasteiger partial charge in [0.1, 0.15) is 5.82 Å². The Bertz CT molecular complexity index is 945. The van der Waals surface area contributed by atoms with Gasteiger partial charge in [0.05, 0.1) is 17.9 Å². The first-order chi connectivity index (χ1) is 14.1. The molecule has 1 heterocycles. The van der Waals surface area contributed by atoms with E-state index in [1.807, 2.05) is 41.8 Å². The van der Waals surface area contributed by atoms with Gasteiger partial charge >= 0.3 is 0 Å². The Morgan fingerprint density at radius 2 is 1.86 bits per heavy atom. The van der Waals surface area contributed by atoms with Crippen LogP contribution in [0.5, 0.6) is 0 Å². The molecule has 5 nitrogen and oxygen atoms in total. The fourth-order valence-corrected chi connectivity index (χ4v) is 3.85. The predicted molar refractivity (Wildman–Crippen MR) is 114 cm³/mol. The van der Waals surface area contributed by atoms with Crippen LogP contribution in [0.15, 0.2) is 59.8 Å². The van der Waals surface area contributed by atoms with Crippen molar-refractivity contribution in [3.8, 4) is 11.4 Å². The number of halogens is 1. The van der Waals surface area contributed by atoms with Gasteiger partial charge in [-0.2, -0.15) is 0 Å². The predicted octanol–water partition coefficient (Wildman–Crippen LogP) is 4.53. The molecule has 0 bridgehead atoms. The molecule has 1 amide bonds. The lowest BCUT2D eigenvalue weighted by atomic mass is 10.2. The maximum absolute atomic E-state index is 14.4. The molecule has 1 aromatic heterocycles. The molecule has 0 spiro atoms. The number of amides is 1. The van der Waals surface area contributed by atoms with Crippen molar-refractivity contribution in [3.63, 3.8) is 0 Å². The zero-order chi connectivity index (χ0) is 20.6. The van der Waals surface area contributed by atoms with Gasteiger partial charge in [-0.15, -0.1) is 10.2 Å². The molecule has 0 fully saturated rings. The smallest absolute Gasteiger partial charge is 0.230 e. The van der Waals surface area contributed by atoms with Crippen molar-refractivity contribution in [3.05, 3.63) is 66.0 Å². The van der Waals surface area contributed by atoms with E-state index < -0.39 is 0 Å². The maximum atomic E-state index is 14.4. The molecule has 3 aromatic rings. The second kappa shape index (κ2) is 10.2. The van der Waals surface area contributed by atoms with E-state index >= 15 is 0 Å². The highest BCUT2D eigenvalue weighted by Gasteiger charge is 2.18. The summed E-state index contributed by atoms with van der Waals surface area (Å²) in [6.45, 7) is 4.58. The number of hydrogen-bond acceptors (Lipinski definition) is 4. The lowest BCUT2D eigenvalue weighted by Gasteiger charge is -2.13. The van der Waals surface area contributed by atoms with Gasteiger partial charge in [-0.05, 0) is 31.0 Å². The van der Waals surface area contributed by atoms with Gasteiger partial charge < -0.3 is 5.32 Å². The van der Waals surface area contributed by atoms with Crippen molar-refractivity contribution in [2.24, 2.45) is 0 Å². The van der Waals surface area contributed by atoms with Crippen molar-refractivity contribution in [1.82, 2.24) is 20.1 Å². The summed E-state index contributed by atoms with van der Waals surface area (Å²) >= 11 is 1.31. The minimum Gasteiger partial charge on any atom is -0.353 e. The molecule has 29 heavy (non-hydrogen) atoms. The Labute approximate surface area is 174 Å². The number of nitrogens with zero attached hydrogens (tertiary/aromatic N) is 3. The van der Waals surface area contributed by atoms with Gasteiger partial charge in [-0.3, -0.25) is 9.36 Å². The van der Waals surface area contributed by atoms with Gasteiger partial charge in [0.15, 0.2) is 11.0 Å². The van der Waals surface area contributed by atoms with E-state index in [1.54, 1.807) is 18.2 Å². The van der Waals surface area contributed by atoms with E-state index in [9.17, 15) is 9.18 Å². The summed E-state index contributed by atoms with van der Waals surface area (Å²) in [5, 5.41) is 12.1. The van der Waals surface area contributed by atoms with Crippen LogP contribution in [0.4, 0.5) is 4.39 Å². The van der Waals surface area contributed by atoms with Crippen LogP contribution < -0.4 is 5.32 Å². The highest BCUT2D eigenvalue weighted by Crippen LogP contribution is 2.27. The monoisotopic (exact) mass is 412 g/mol. The maximum Gasteiger partial charge on any atom is 0.230 e. The average molecular weight is 413 g/mol. The van der Waals surface area contributed by atoms with Crippen LogP contribution in [0, 0.1) is 5.82 Å². The Kier molecular flexibility index (Phi) is 7.41. The zero-order valence-electron chi connectivity index (χ0n) is 16.6. The summed E-state index contributed by atoms with van der Waals surface area (Å²) in [7, 11) is 0. The van der Waals surface area contributed by atoms with E-state index in [0.717, 1.165) is 18.4 Å². The third kappa shape index (κ3) is 5.67. The number of rotatable bonds is 9. The van der Waals surface area contributed by atoms with E-state index in [1.165, 1.54) is 17.8 Å². The third-order valence-corrected chi connectivity index (χ3v) is 5.44. The van der Waals surface area contributed by atoms with Gasteiger partial charge in [-0.1, -0.05) is 67.6 Å². The number of carbonyl (C=O) groups excluding carboxylic acids is 1. The SMILES string of the molecule is CCC[C@@H](C)NC(=O)CSc1nnc(-c2ccccc2F)n1Cc1ccccc1. The summed E-state index contributed by atoms with van der Waals surface area (Å²) in [5.41, 5.74) is 1.44. The molecule has 152 valence electrons. The minimum absolute atomic E-state index is 0.0438. The molecule has 3 rings (SSSR count). The number of nitrogens with one attached hydrogen (secondary N) is 1. The second-order valence-electron chi connectivity index (χ2n) is 6.90. The molecule has 1 N–H and O–H groups in total. The number of benzene rings is 2. The fraction of sp³-hybridized carbons (Fsp3) is 0.318. The van der Waals surface area contributed by atoms with Crippen LogP contribution in [0.2, 0.25) is 0 Å². The molecule has 1 atom stereocenters. The molecular formula is C22H25FN4OS. The molecule has 0 unspecified atom stereocenters. The number of carbonyl (C=O) groups is 1. The first-order valence-corrected chi connectivity index (χ1v) is 10.7. The number of aromatic nitrogens is 3. The van der Waals surface area contributed by atoms with Crippen LogP contribution in [-0.2, 0) is 11.3 Å². The fourth-order valence-electron chi connectivity index (χ4n) is 3.10. The van der Waals surface area contributed by atoms with Crippen LogP contribution >= 0.6 is 11.8 Å². The van der Waals surface area contributed by atoms with Crippen molar-refractivity contribution >= 4 is 17.7 Å². The Morgan fingerprint density at radius 3 is 2.59 bits per heavy atom. The lowest BCUT2D eigenvalue weighted by Crippen LogP contribution is -2.33. The minimum atomic E-state index is -0.350. The second-order valence-corrected chi connectivity index (χ2v) is 7.85. The molecule has 0 aliphatic rings. The van der Waals surface area contributed by atoms with Gasteiger partial charge in [-0.25, -0.2) is 4.39 Å². The normalized spacial score (nSPS) is 12.0. The van der Waals surface area contributed by atoms with Crippen molar-refractivity contribution in [1.29, 1.82) is 0 Å². The lowest BCUT2D eigenvalue weighted by molar-refractivity contribution is -0.119. The largest absolute Gasteiger partial charge is 0.353 e. The van der Waals surface area contributed by atoms with E-state index in [0.29, 0.717) is 23.1 Å². The van der Waals surface area contributed by atoms with Gasteiger partial charge in [0.2, 0.25) is 5.91 Å². The first-order valence-electron chi connectivity index (χ1n) is 9.72. The summed E-state index contributed by atoms with van der Waals surface area (Å²) < 4.78 is 16.2. The molecule has 7 heteroatoms. The molecule has 2 aromatic carbocycles. The van der Waals surface area contributed by atoms with Gasteiger partial charge in [0.25, 0.3) is 0 Å². The molecule has 0 saturated carbocycles. The van der Waals surface area contributed by atoms with Crippen molar-refractivity contribution in [2.45, 2.75) is 44.4 Å². The first kappa shape index (κ1) is 21.0. The Morgan fingerprint density at radius 1 is 1.14 bits per heavy atom. The molecular weight excluding hydrogens is 387 g/mol. The average Bonchev–Trinajstić information content (AvgIpc) is 3.10. The Balaban J connectivity index is 1.83. The highest BCUT2D eigenvalue weighted by molar-refractivity contribution is 7.99. The topological polar surface area (TPSA) is 59.8 Å². The number of thioether (sulfide) groups is 1. The van der Waals surface area contributed by atoms with Crippen LogP contribution in [-0.4, -0.2) is 32.5 Å². The summed E-state index contributed by atoms with van der Waals surface area (Å²) in [6.07, 6.45) is 1.96. The summed E-state index contributed by atoms with van der Waals surface area (Å²) in [5.74, 6) is 0.293. The quantitative estimate of drug-likeness (QED) is 0.525. The summed E-state index contributed by atoms with van der Waals surface area (Å²) in [4.78, 5) is 12.3. The van der Waals surface area contributed by atoms with Crippen LogP contribution in [0.25, 0.3) is 11.4 Å². The third-order valence-electron chi connectivity index (χ3n) is 4.48. The van der Waals surface area contributed by atoms with Crippen molar-refractivity contribution < 1.29 is 9.18 Å². The molecule has 0 aliphatic carbocycles. The zero-order valence-corrected chi connectivity index (χ0v) is 17.5. The van der Waals surface area contributed by atoms with E-state index in [2.05, 4.69) is 22.4 Å². The standard InChI is InChI=1S/C22H25FN4OS/c1-3-9-16(2)24-20(28)15-29-22-26-25-21(18-12-7-8-13-19(18)23)27(22)14-17-10-5-4-6-11-17/h4-8,10-13,16H,3,9,14-15H2,1-2H3,(H,24,28)/t16-/m1/s1. The molecule has 0 radical (unpaired) electrons. The summed E-state index contributed by atoms with van der Waals surface area (Å²) in [6, 6.07) is 16.5. The number of hydrogen-bond donors (Lipinski definition) is 1. The molecule has 0 saturated heterocycles. The van der Waals surface area contributed by atoms with Gasteiger partial charge in [0, 0.05) is 6.04 Å².